The maximum absolute atomic E-state index is 9.11. The number of furan rings is 1. The van der Waals surface area contributed by atoms with Gasteiger partial charge in [0.25, 0.3) is 0 Å². The van der Waals surface area contributed by atoms with Crippen LogP contribution in [-0.4, -0.2) is 0 Å². The predicted molar refractivity (Wildman–Crippen MR) is 128 cm³/mol. The SMILES string of the molecule is [2H]C1(c2cc[n+](C)c(-c3cc4c(cc3C)oc3c5ccccc5ccc43)c2)CCCCC1. The van der Waals surface area contributed by atoms with Crippen LogP contribution in [0.1, 0.15) is 50.5 Å². The molecule has 31 heavy (non-hydrogen) atoms. The summed E-state index contributed by atoms with van der Waals surface area (Å²) in [5.41, 5.74) is 6.59. The molecule has 6 rings (SSSR count). The van der Waals surface area contributed by atoms with Crippen LogP contribution in [-0.2, 0) is 7.05 Å². The van der Waals surface area contributed by atoms with E-state index in [1.165, 1.54) is 22.9 Å². The number of rotatable bonds is 2. The Balaban J connectivity index is 1.56. The second kappa shape index (κ2) is 7.23. The summed E-state index contributed by atoms with van der Waals surface area (Å²) in [5, 5.41) is 4.66. The lowest BCUT2D eigenvalue weighted by Crippen LogP contribution is -2.31. The van der Waals surface area contributed by atoms with Crippen molar-refractivity contribution in [2.75, 3.05) is 0 Å². The minimum Gasteiger partial charge on any atom is -0.455 e. The highest BCUT2D eigenvalue weighted by Crippen LogP contribution is 2.38. The molecule has 1 aliphatic rings. The molecule has 0 radical (unpaired) electrons. The van der Waals surface area contributed by atoms with E-state index < -0.39 is 5.89 Å². The molecule has 0 unspecified atom stereocenters. The van der Waals surface area contributed by atoms with Crippen LogP contribution in [0, 0.1) is 6.92 Å². The minimum absolute atomic E-state index is 0.458. The van der Waals surface area contributed by atoms with E-state index in [4.69, 9.17) is 5.79 Å². The Morgan fingerprint density at radius 1 is 0.903 bits per heavy atom. The van der Waals surface area contributed by atoms with Gasteiger partial charge in [0.2, 0.25) is 5.69 Å². The second-order valence-corrected chi connectivity index (χ2v) is 9.00. The van der Waals surface area contributed by atoms with Gasteiger partial charge in [0.1, 0.15) is 18.2 Å². The van der Waals surface area contributed by atoms with Gasteiger partial charge in [-0.15, -0.1) is 0 Å². The van der Waals surface area contributed by atoms with Crippen molar-refractivity contribution in [1.82, 2.24) is 0 Å². The highest BCUT2D eigenvalue weighted by molar-refractivity contribution is 6.15. The van der Waals surface area contributed by atoms with Crippen molar-refractivity contribution in [3.8, 4) is 11.3 Å². The molecule has 0 saturated heterocycles. The summed E-state index contributed by atoms with van der Waals surface area (Å²) in [6.07, 6.45) is 7.60. The number of benzene rings is 3. The quantitative estimate of drug-likeness (QED) is 0.276. The molecule has 0 spiro atoms. The van der Waals surface area contributed by atoms with E-state index in [-0.39, 0.29) is 0 Å². The Morgan fingerprint density at radius 2 is 1.74 bits per heavy atom. The van der Waals surface area contributed by atoms with Gasteiger partial charge >= 0.3 is 0 Å². The number of hydrogen-bond donors (Lipinski definition) is 0. The van der Waals surface area contributed by atoms with E-state index in [0.29, 0.717) is 0 Å². The van der Waals surface area contributed by atoms with E-state index in [2.05, 4.69) is 85.4 Å². The molecule has 0 bridgehead atoms. The first kappa shape index (κ1) is 17.5. The first-order valence-corrected chi connectivity index (χ1v) is 11.4. The third-order valence-corrected chi connectivity index (χ3v) is 7.00. The number of aryl methyl sites for hydroxylation is 2. The van der Waals surface area contributed by atoms with Crippen LogP contribution in [0.25, 0.3) is 44.0 Å². The highest BCUT2D eigenvalue weighted by Gasteiger charge is 2.21. The lowest BCUT2D eigenvalue weighted by molar-refractivity contribution is -0.660. The first-order valence-electron chi connectivity index (χ1n) is 11.9. The van der Waals surface area contributed by atoms with Gasteiger partial charge in [0.05, 0.1) is 0 Å². The molecular weight excluding hydrogens is 378 g/mol. The fraction of sp³-hybridized carbons (Fsp3) is 0.276. The molecule has 0 atom stereocenters. The molecule has 1 fully saturated rings. The van der Waals surface area contributed by atoms with Gasteiger partial charge in [-0.1, -0.05) is 49.6 Å². The molecule has 2 heteroatoms. The summed E-state index contributed by atoms with van der Waals surface area (Å²) in [5.74, 6) is -0.458. The number of aromatic nitrogens is 1. The zero-order valence-electron chi connectivity index (χ0n) is 19.2. The lowest BCUT2D eigenvalue weighted by Gasteiger charge is -2.21. The van der Waals surface area contributed by atoms with Crippen molar-refractivity contribution in [2.24, 2.45) is 7.05 Å². The van der Waals surface area contributed by atoms with Crippen molar-refractivity contribution < 1.29 is 10.4 Å². The largest absolute Gasteiger partial charge is 0.455 e. The van der Waals surface area contributed by atoms with Crippen molar-refractivity contribution >= 4 is 32.7 Å². The maximum atomic E-state index is 9.11. The molecule has 2 aromatic heterocycles. The second-order valence-electron chi connectivity index (χ2n) is 9.00. The molecule has 2 nitrogen and oxygen atoms in total. The van der Waals surface area contributed by atoms with Gasteiger partial charge in [-0.3, -0.25) is 0 Å². The van der Waals surface area contributed by atoms with Crippen molar-refractivity contribution in [3.05, 3.63) is 78.0 Å². The van der Waals surface area contributed by atoms with E-state index in [9.17, 15) is 0 Å². The van der Waals surface area contributed by atoms with Crippen molar-refractivity contribution in [1.29, 1.82) is 0 Å². The first-order chi connectivity index (χ1) is 15.5. The summed E-state index contributed by atoms with van der Waals surface area (Å²) in [6.45, 7) is 2.16. The number of hydrogen-bond acceptors (Lipinski definition) is 1. The third kappa shape index (κ3) is 3.05. The predicted octanol–water partition coefficient (Wildman–Crippen LogP) is 7.59. The molecule has 154 valence electrons. The van der Waals surface area contributed by atoms with Gasteiger partial charge in [-0.25, -0.2) is 4.57 Å². The van der Waals surface area contributed by atoms with Crippen molar-refractivity contribution in [2.45, 2.75) is 44.9 Å². The van der Waals surface area contributed by atoms with E-state index in [1.807, 2.05) is 0 Å². The average molecular weight is 408 g/mol. The van der Waals surface area contributed by atoms with Gasteiger partial charge in [0.15, 0.2) is 6.20 Å². The summed E-state index contributed by atoms with van der Waals surface area (Å²) in [4.78, 5) is 0. The van der Waals surface area contributed by atoms with Crippen LogP contribution in [0.2, 0.25) is 0 Å². The van der Waals surface area contributed by atoms with Crippen LogP contribution in [0.3, 0.4) is 0 Å². The van der Waals surface area contributed by atoms with E-state index in [0.717, 1.165) is 64.3 Å². The average Bonchev–Trinajstić information content (AvgIpc) is 3.17. The fourth-order valence-corrected chi connectivity index (χ4v) is 5.25. The molecule has 0 aliphatic heterocycles. The monoisotopic (exact) mass is 407 g/mol. The van der Waals surface area contributed by atoms with Gasteiger partial charge < -0.3 is 4.42 Å². The molecule has 5 aromatic rings. The molecule has 1 aliphatic carbocycles. The molecular formula is C29H28NO+. The van der Waals surface area contributed by atoms with Crippen LogP contribution >= 0.6 is 0 Å². The molecule has 3 aromatic carbocycles. The topological polar surface area (TPSA) is 17.0 Å². The normalized spacial score (nSPS) is 16.8. The minimum atomic E-state index is -0.458. The third-order valence-electron chi connectivity index (χ3n) is 7.00. The molecule has 1 saturated carbocycles. The zero-order chi connectivity index (χ0) is 21.9. The molecule has 2 heterocycles. The number of fused-ring (bicyclic) bond motifs is 5. The van der Waals surface area contributed by atoms with Crippen LogP contribution in [0.15, 0.2) is 71.3 Å². The van der Waals surface area contributed by atoms with Crippen LogP contribution in [0.5, 0.6) is 0 Å². The van der Waals surface area contributed by atoms with Crippen LogP contribution in [0.4, 0.5) is 0 Å². The Hall–Kier alpha value is -3.13. The highest BCUT2D eigenvalue weighted by atomic mass is 16.3. The van der Waals surface area contributed by atoms with Gasteiger partial charge in [-0.05, 0) is 60.4 Å². The van der Waals surface area contributed by atoms with Crippen LogP contribution < -0.4 is 4.57 Å². The zero-order valence-corrected chi connectivity index (χ0v) is 18.2. The fourth-order valence-electron chi connectivity index (χ4n) is 5.25. The summed E-state index contributed by atoms with van der Waals surface area (Å²) in [7, 11) is 2.10. The van der Waals surface area contributed by atoms with Gasteiger partial charge in [-0.2, -0.15) is 0 Å². The van der Waals surface area contributed by atoms with Crippen molar-refractivity contribution in [3.63, 3.8) is 0 Å². The number of nitrogens with zero attached hydrogens (tertiary/aromatic N) is 1. The Kier molecular flexibility index (Phi) is 4.09. The summed E-state index contributed by atoms with van der Waals surface area (Å²) >= 11 is 0. The van der Waals surface area contributed by atoms with Gasteiger partial charge in [0, 0.05) is 35.2 Å². The Labute approximate surface area is 184 Å². The molecule has 0 amide bonds. The number of pyridine rings is 1. The molecule has 0 N–H and O–H groups in total. The summed E-state index contributed by atoms with van der Waals surface area (Å²) < 4.78 is 17.7. The standard InChI is InChI=1S/C29H28NO/c1-19-16-28-26(24-13-12-21-10-6-7-11-23(21)29(24)31-28)18-25(19)27-17-22(14-15-30(27)2)20-8-4-3-5-9-20/h6-7,10-18,20H,3-5,8-9H2,1-2H3/q+1/i20D. The Bertz CT molecular complexity index is 1490. The van der Waals surface area contributed by atoms with E-state index >= 15 is 0 Å². The van der Waals surface area contributed by atoms with E-state index in [1.54, 1.807) is 0 Å². The maximum Gasteiger partial charge on any atom is 0.212 e. The smallest absolute Gasteiger partial charge is 0.212 e. The Morgan fingerprint density at radius 3 is 2.61 bits per heavy atom. The summed E-state index contributed by atoms with van der Waals surface area (Å²) in [6, 6.07) is 21.6. The lowest BCUT2D eigenvalue weighted by atomic mass is 9.84.